The zero-order valence-corrected chi connectivity index (χ0v) is 10.00. The Bertz CT molecular complexity index is 542. The van der Waals surface area contributed by atoms with Crippen molar-refractivity contribution in [2.45, 2.75) is 0 Å². The van der Waals surface area contributed by atoms with E-state index in [0.717, 1.165) is 5.69 Å². The number of hydrogen-bond acceptors (Lipinski definition) is 3. The minimum Gasteiger partial charge on any atom is -0.399 e. The molecule has 0 fully saturated rings. The molecule has 0 aliphatic heterocycles. The molecule has 2 aromatic rings. The minimum absolute atomic E-state index is 0.265. The number of nitrogens with zero attached hydrogens (tertiary/aromatic N) is 2. The zero-order chi connectivity index (χ0) is 13.0. The summed E-state index contributed by atoms with van der Waals surface area (Å²) in [6, 6.07) is 12.3. The molecule has 1 aromatic heterocycles. The van der Waals surface area contributed by atoms with Crippen molar-refractivity contribution < 1.29 is 4.79 Å². The van der Waals surface area contributed by atoms with Gasteiger partial charge in [-0.05, 0) is 18.2 Å². The van der Waals surface area contributed by atoms with E-state index in [1.165, 1.54) is 4.90 Å². The molecule has 0 atom stereocenters. The normalized spacial score (nSPS) is 9.83. The van der Waals surface area contributed by atoms with Crippen LogP contribution in [0, 0.1) is 0 Å². The van der Waals surface area contributed by atoms with Gasteiger partial charge in [0.2, 0.25) is 0 Å². The topological polar surface area (TPSA) is 71.2 Å². The average molecular weight is 242 g/mol. The Morgan fingerprint density at radius 2 is 2.00 bits per heavy atom. The van der Waals surface area contributed by atoms with Gasteiger partial charge in [0.1, 0.15) is 5.82 Å². The van der Waals surface area contributed by atoms with Crippen molar-refractivity contribution in [3.63, 3.8) is 0 Å². The number of hydrogen-bond donors (Lipinski definition) is 2. The van der Waals surface area contributed by atoms with E-state index in [0.29, 0.717) is 11.5 Å². The molecule has 2 rings (SSSR count). The van der Waals surface area contributed by atoms with Gasteiger partial charge in [-0.15, -0.1) is 0 Å². The number of nitrogen functional groups attached to an aromatic ring is 1. The van der Waals surface area contributed by atoms with Crippen LogP contribution in [-0.2, 0) is 0 Å². The molecule has 0 aliphatic carbocycles. The Morgan fingerprint density at radius 3 is 2.67 bits per heavy atom. The van der Waals surface area contributed by atoms with Gasteiger partial charge in [0.15, 0.2) is 0 Å². The predicted molar refractivity (Wildman–Crippen MR) is 72.5 cm³/mol. The van der Waals surface area contributed by atoms with Crippen molar-refractivity contribution in [3.8, 4) is 0 Å². The Kier molecular flexibility index (Phi) is 3.43. The summed E-state index contributed by atoms with van der Waals surface area (Å²) < 4.78 is 0. The molecule has 0 saturated heterocycles. The number of nitrogens with one attached hydrogen (secondary N) is 1. The van der Waals surface area contributed by atoms with Crippen molar-refractivity contribution in [2.75, 3.05) is 23.0 Å². The van der Waals surface area contributed by atoms with Gasteiger partial charge in [-0.1, -0.05) is 18.2 Å². The van der Waals surface area contributed by atoms with Gasteiger partial charge >= 0.3 is 6.03 Å². The minimum atomic E-state index is -0.265. The molecular weight excluding hydrogens is 228 g/mol. The van der Waals surface area contributed by atoms with Gasteiger partial charge in [-0.25, -0.2) is 9.78 Å². The summed E-state index contributed by atoms with van der Waals surface area (Å²) in [4.78, 5) is 17.5. The number of amides is 2. The largest absolute Gasteiger partial charge is 0.399 e. The van der Waals surface area contributed by atoms with Crippen LogP contribution in [0.4, 0.5) is 22.0 Å². The van der Waals surface area contributed by atoms with Gasteiger partial charge in [0.05, 0.1) is 0 Å². The summed E-state index contributed by atoms with van der Waals surface area (Å²) in [6.45, 7) is 0. The van der Waals surface area contributed by atoms with Crippen LogP contribution in [0.1, 0.15) is 0 Å². The first kappa shape index (κ1) is 11.9. The van der Waals surface area contributed by atoms with E-state index in [-0.39, 0.29) is 6.03 Å². The molecule has 5 heteroatoms. The highest BCUT2D eigenvalue weighted by atomic mass is 16.2. The summed E-state index contributed by atoms with van der Waals surface area (Å²) in [7, 11) is 1.64. The van der Waals surface area contributed by atoms with Crippen LogP contribution in [0.25, 0.3) is 0 Å². The molecule has 0 radical (unpaired) electrons. The van der Waals surface area contributed by atoms with Crippen molar-refractivity contribution in [1.29, 1.82) is 0 Å². The molecular formula is C13H14N4O. The zero-order valence-electron chi connectivity index (χ0n) is 10.00. The second kappa shape index (κ2) is 5.18. The van der Waals surface area contributed by atoms with Crippen molar-refractivity contribution in [1.82, 2.24) is 4.98 Å². The Morgan fingerprint density at radius 1 is 1.28 bits per heavy atom. The van der Waals surface area contributed by atoms with Crippen LogP contribution in [0.3, 0.4) is 0 Å². The molecule has 3 N–H and O–H groups in total. The van der Waals surface area contributed by atoms with Crippen LogP contribution in [0.5, 0.6) is 0 Å². The molecule has 5 nitrogen and oxygen atoms in total. The molecule has 18 heavy (non-hydrogen) atoms. The number of aromatic nitrogens is 1. The lowest BCUT2D eigenvalue weighted by Gasteiger charge is -2.17. The SMILES string of the molecule is CN(C(=O)Nc1ccccc1)c1cc(N)ccn1. The highest BCUT2D eigenvalue weighted by Crippen LogP contribution is 2.14. The lowest BCUT2D eigenvalue weighted by atomic mass is 10.3. The Labute approximate surface area is 105 Å². The van der Waals surface area contributed by atoms with E-state index in [2.05, 4.69) is 10.3 Å². The van der Waals surface area contributed by atoms with E-state index in [4.69, 9.17) is 5.73 Å². The maximum Gasteiger partial charge on any atom is 0.327 e. The highest BCUT2D eigenvalue weighted by molar-refractivity contribution is 6.00. The summed E-state index contributed by atoms with van der Waals surface area (Å²) in [5, 5.41) is 2.77. The van der Waals surface area contributed by atoms with Crippen molar-refractivity contribution >= 4 is 23.2 Å². The van der Waals surface area contributed by atoms with Crippen LogP contribution in [0.2, 0.25) is 0 Å². The van der Waals surface area contributed by atoms with Crippen LogP contribution >= 0.6 is 0 Å². The third-order valence-electron chi connectivity index (χ3n) is 2.44. The van der Waals surface area contributed by atoms with Gasteiger partial charge in [-0.3, -0.25) is 4.90 Å². The third-order valence-corrected chi connectivity index (χ3v) is 2.44. The number of anilines is 3. The third kappa shape index (κ3) is 2.76. The van der Waals surface area contributed by atoms with E-state index in [1.807, 2.05) is 30.3 Å². The number of rotatable bonds is 2. The molecule has 0 unspecified atom stereocenters. The quantitative estimate of drug-likeness (QED) is 0.849. The second-order valence-corrected chi connectivity index (χ2v) is 3.80. The molecule has 1 aromatic carbocycles. The molecule has 0 spiro atoms. The van der Waals surface area contributed by atoms with Crippen molar-refractivity contribution in [3.05, 3.63) is 48.7 Å². The van der Waals surface area contributed by atoms with Crippen LogP contribution < -0.4 is 16.0 Å². The maximum absolute atomic E-state index is 12.0. The number of nitrogens with two attached hydrogens (primary N) is 1. The first-order valence-corrected chi connectivity index (χ1v) is 5.48. The second-order valence-electron chi connectivity index (χ2n) is 3.80. The fourth-order valence-corrected chi connectivity index (χ4v) is 1.45. The summed E-state index contributed by atoms with van der Waals surface area (Å²) in [6.07, 6.45) is 1.57. The van der Waals surface area contributed by atoms with E-state index in [9.17, 15) is 4.79 Å². The molecule has 0 saturated carbocycles. The monoisotopic (exact) mass is 242 g/mol. The summed E-state index contributed by atoms with van der Waals surface area (Å²) in [5.74, 6) is 0.503. The van der Waals surface area contributed by atoms with Crippen LogP contribution in [0.15, 0.2) is 48.7 Å². The highest BCUT2D eigenvalue weighted by Gasteiger charge is 2.11. The Hall–Kier alpha value is -2.56. The maximum atomic E-state index is 12.0. The summed E-state index contributed by atoms with van der Waals surface area (Å²) in [5.41, 5.74) is 6.95. The molecule has 2 amide bonds. The molecule has 0 bridgehead atoms. The number of carbonyl (C=O) groups excluding carboxylic acids is 1. The number of urea groups is 1. The Balaban J connectivity index is 2.10. The fourth-order valence-electron chi connectivity index (χ4n) is 1.45. The molecule has 0 aliphatic rings. The lowest BCUT2D eigenvalue weighted by Crippen LogP contribution is -2.31. The van der Waals surface area contributed by atoms with E-state index < -0.39 is 0 Å². The lowest BCUT2D eigenvalue weighted by molar-refractivity contribution is 0.258. The predicted octanol–water partition coefficient (Wildman–Crippen LogP) is 2.33. The van der Waals surface area contributed by atoms with Gasteiger partial charge < -0.3 is 11.1 Å². The van der Waals surface area contributed by atoms with E-state index in [1.54, 1.807) is 25.4 Å². The first-order chi connectivity index (χ1) is 8.66. The number of pyridine rings is 1. The number of carbonyl (C=O) groups is 1. The first-order valence-electron chi connectivity index (χ1n) is 5.48. The van der Waals surface area contributed by atoms with Crippen LogP contribution in [-0.4, -0.2) is 18.1 Å². The van der Waals surface area contributed by atoms with Gasteiger partial charge in [0, 0.05) is 30.7 Å². The molecule has 92 valence electrons. The van der Waals surface area contributed by atoms with Crippen molar-refractivity contribution in [2.24, 2.45) is 0 Å². The summed E-state index contributed by atoms with van der Waals surface area (Å²) >= 11 is 0. The molecule has 1 heterocycles. The smallest absolute Gasteiger partial charge is 0.327 e. The number of para-hydroxylation sites is 1. The number of benzene rings is 1. The standard InChI is InChI=1S/C13H14N4O/c1-17(12-9-10(14)7-8-15-12)13(18)16-11-5-3-2-4-6-11/h2-9H,1H3,(H2,14,15)(H,16,18). The average Bonchev–Trinajstić information content (AvgIpc) is 2.39. The fraction of sp³-hybridized carbons (Fsp3) is 0.0769. The van der Waals surface area contributed by atoms with E-state index >= 15 is 0 Å². The van der Waals surface area contributed by atoms with Gasteiger partial charge in [-0.2, -0.15) is 0 Å². The van der Waals surface area contributed by atoms with Gasteiger partial charge in [0.25, 0.3) is 0 Å².